The van der Waals surface area contributed by atoms with E-state index in [1.54, 1.807) is 31.2 Å². The van der Waals surface area contributed by atoms with Crippen molar-refractivity contribution in [1.29, 1.82) is 0 Å². The number of amides is 3. The quantitative estimate of drug-likeness (QED) is 0.164. The van der Waals surface area contributed by atoms with Crippen LogP contribution in [0.2, 0.25) is 0 Å². The van der Waals surface area contributed by atoms with Gasteiger partial charge in [-0.1, -0.05) is 77.7 Å². The van der Waals surface area contributed by atoms with Crippen LogP contribution in [0.5, 0.6) is 5.75 Å². The van der Waals surface area contributed by atoms with E-state index in [2.05, 4.69) is 5.32 Å². The first-order valence-electron chi connectivity index (χ1n) is 15.3. The van der Waals surface area contributed by atoms with E-state index < -0.39 is 40.8 Å². The smallest absolute Gasteiger partial charge is 0.338 e. The number of hydrogen-bond donors (Lipinski definition) is 1. The van der Waals surface area contributed by atoms with Crippen molar-refractivity contribution in [1.82, 2.24) is 4.57 Å². The predicted molar refractivity (Wildman–Crippen MR) is 184 cm³/mol. The zero-order valence-electron chi connectivity index (χ0n) is 25.9. The number of para-hydroxylation sites is 1. The van der Waals surface area contributed by atoms with Crippen molar-refractivity contribution in [2.75, 3.05) is 23.9 Å². The van der Waals surface area contributed by atoms with Gasteiger partial charge >= 0.3 is 10.8 Å². The van der Waals surface area contributed by atoms with Gasteiger partial charge in [-0.15, -0.1) is 0 Å². The van der Waals surface area contributed by atoms with Gasteiger partial charge in [0.05, 0.1) is 35.9 Å². The van der Waals surface area contributed by atoms with Crippen molar-refractivity contribution >= 4 is 68.9 Å². The van der Waals surface area contributed by atoms with E-state index in [4.69, 9.17) is 9.47 Å². The monoisotopic (exact) mass is 679 g/mol. The Morgan fingerprint density at radius 2 is 1.60 bits per heavy atom. The van der Waals surface area contributed by atoms with E-state index in [-0.39, 0.29) is 18.0 Å². The van der Waals surface area contributed by atoms with Gasteiger partial charge in [0.15, 0.2) is 0 Å². The summed E-state index contributed by atoms with van der Waals surface area (Å²) in [5.74, 6) is -2.82. The number of aromatic nitrogens is 1. The van der Waals surface area contributed by atoms with E-state index in [0.29, 0.717) is 38.2 Å². The molecule has 10 nitrogen and oxygen atoms in total. The Labute approximate surface area is 283 Å². The van der Waals surface area contributed by atoms with Crippen molar-refractivity contribution in [3.63, 3.8) is 0 Å². The maximum atomic E-state index is 14.3. The van der Waals surface area contributed by atoms with Gasteiger partial charge in [-0.05, 0) is 48.7 Å². The minimum absolute atomic E-state index is 0.217. The Hall–Kier alpha value is -5.20. The number of imide groups is 1. The van der Waals surface area contributed by atoms with Crippen LogP contribution in [0, 0.1) is 5.92 Å². The topological polar surface area (TPSA) is 124 Å². The Morgan fingerprint density at radius 1 is 0.875 bits per heavy atom. The standard InChI is InChI=1S/C36H29N3O7S2/c1-3-46-35(43)21-15-17-22(18-16-21)39-32(41)29-28(24-12-6-7-14-26(24)45-2)31-34(47-30(29)33(39)42)38(36(44)48-31)19-27(40)37-25-13-8-10-20-9-4-5-11-23(20)25/h4-18,28-30H,3,19H2,1-2H3,(H,37,40)/t28-,29-,30+/m0/s1. The van der Waals surface area contributed by atoms with Crippen LogP contribution in [0.3, 0.4) is 0 Å². The first-order chi connectivity index (χ1) is 23.3. The van der Waals surface area contributed by atoms with Crippen LogP contribution < -0.4 is 19.8 Å². The molecule has 5 aromatic rings. The molecule has 242 valence electrons. The highest BCUT2D eigenvalue weighted by molar-refractivity contribution is 8.00. The number of anilines is 2. The van der Waals surface area contributed by atoms with Gasteiger partial charge < -0.3 is 14.8 Å². The summed E-state index contributed by atoms with van der Waals surface area (Å²) in [4.78, 5) is 69.0. The number of benzene rings is 4. The van der Waals surface area contributed by atoms with Crippen molar-refractivity contribution in [3.05, 3.63) is 117 Å². The molecule has 0 radical (unpaired) electrons. The number of nitrogens with one attached hydrogen (secondary N) is 1. The van der Waals surface area contributed by atoms with Crippen LogP contribution in [0.15, 0.2) is 101 Å². The fourth-order valence-electron chi connectivity index (χ4n) is 6.40. The summed E-state index contributed by atoms with van der Waals surface area (Å²) in [5, 5.41) is 4.36. The van der Waals surface area contributed by atoms with Gasteiger partial charge in [-0.25, -0.2) is 9.69 Å². The maximum absolute atomic E-state index is 14.3. The van der Waals surface area contributed by atoms with Gasteiger partial charge in [0.2, 0.25) is 17.7 Å². The second-order valence-electron chi connectivity index (χ2n) is 11.3. The SMILES string of the molecule is CCOC(=O)c1ccc(N2C(=O)[C@H]3[C@H](c4ccccc4OC)c4sc(=O)n(CC(=O)Nc5cccc6ccccc56)c4S[C@H]3C2=O)cc1. The largest absolute Gasteiger partial charge is 0.496 e. The minimum atomic E-state index is -0.883. The second kappa shape index (κ2) is 12.8. The van der Waals surface area contributed by atoms with Crippen LogP contribution >= 0.6 is 23.1 Å². The lowest BCUT2D eigenvalue weighted by Crippen LogP contribution is -2.33. The van der Waals surface area contributed by atoms with Crippen LogP contribution in [0.25, 0.3) is 10.8 Å². The molecule has 4 aromatic carbocycles. The van der Waals surface area contributed by atoms with Gasteiger partial charge in [0.25, 0.3) is 0 Å². The third-order valence-electron chi connectivity index (χ3n) is 8.53. The van der Waals surface area contributed by atoms with Gasteiger partial charge in [-0.2, -0.15) is 0 Å². The Balaban J connectivity index is 1.26. The molecule has 0 bridgehead atoms. The average Bonchev–Trinajstić information content (AvgIpc) is 3.54. The van der Waals surface area contributed by atoms with E-state index in [9.17, 15) is 24.0 Å². The van der Waals surface area contributed by atoms with Gasteiger partial charge in [0.1, 0.15) is 17.5 Å². The van der Waals surface area contributed by atoms with E-state index >= 15 is 0 Å². The second-order valence-corrected chi connectivity index (χ2v) is 13.4. The molecule has 1 saturated heterocycles. The number of esters is 1. The lowest BCUT2D eigenvalue weighted by atomic mass is 9.82. The van der Waals surface area contributed by atoms with E-state index in [1.165, 1.54) is 23.8 Å². The highest BCUT2D eigenvalue weighted by Gasteiger charge is 2.57. The number of methoxy groups -OCH3 is 1. The number of rotatable bonds is 8. The Bertz CT molecular complexity index is 2150. The third kappa shape index (κ3) is 5.36. The summed E-state index contributed by atoms with van der Waals surface area (Å²) in [6, 6.07) is 26.6. The molecule has 3 atom stereocenters. The van der Waals surface area contributed by atoms with Crippen molar-refractivity contribution in [2.45, 2.75) is 29.7 Å². The molecule has 0 saturated carbocycles. The maximum Gasteiger partial charge on any atom is 0.338 e. The number of fused-ring (bicyclic) bond motifs is 3. The molecular formula is C36H29N3O7S2. The lowest BCUT2D eigenvalue weighted by Gasteiger charge is -2.31. The highest BCUT2D eigenvalue weighted by Crippen LogP contribution is 2.55. The van der Waals surface area contributed by atoms with Crippen LogP contribution in [0.1, 0.15) is 33.6 Å². The Morgan fingerprint density at radius 3 is 2.38 bits per heavy atom. The van der Waals surface area contributed by atoms with Crippen LogP contribution in [-0.4, -0.2) is 47.2 Å². The van der Waals surface area contributed by atoms with Crippen molar-refractivity contribution in [2.24, 2.45) is 5.92 Å². The fourth-order valence-corrected chi connectivity index (χ4v) is 9.16. The zero-order valence-corrected chi connectivity index (χ0v) is 27.5. The molecule has 48 heavy (non-hydrogen) atoms. The Kier molecular flexibility index (Phi) is 8.36. The summed E-state index contributed by atoms with van der Waals surface area (Å²) in [6.45, 7) is 1.65. The zero-order chi connectivity index (χ0) is 33.5. The normalized spacial score (nSPS) is 18.4. The van der Waals surface area contributed by atoms with E-state index in [1.807, 2.05) is 54.6 Å². The number of carbonyl (C=O) groups excluding carboxylic acids is 4. The summed E-state index contributed by atoms with van der Waals surface area (Å²) in [5.41, 5.74) is 1.90. The van der Waals surface area contributed by atoms with Gasteiger partial charge in [0, 0.05) is 27.4 Å². The summed E-state index contributed by atoms with van der Waals surface area (Å²) >= 11 is 2.10. The molecule has 3 heterocycles. The molecule has 0 aliphatic carbocycles. The number of carbonyl (C=O) groups is 4. The van der Waals surface area contributed by atoms with Crippen molar-refractivity contribution < 1.29 is 28.7 Å². The van der Waals surface area contributed by atoms with E-state index in [0.717, 1.165) is 38.8 Å². The number of ether oxygens (including phenoxy) is 2. The molecule has 1 N–H and O–H groups in total. The molecule has 12 heteroatoms. The lowest BCUT2D eigenvalue weighted by molar-refractivity contribution is -0.122. The first-order valence-corrected chi connectivity index (χ1v) is 17.0. The molecular weight excluding hydrogens is 651 g/mol. The number of nitrogens with zero attached hydrogens (tertiary/aromatic N) is 2. The fraction of sp³-hybridized carbons (Fsp3) is 0.194. The molecule has 0 unspecified atom stereocenters. The first kappa shape index (κ1) is 31.4. The number of hydrogen-bond acceptors (Lipinski definition) is 9. The van der Waals surface area contributed by atoms with Gasteiger partial charge in [-0.3, -0.25) is 23.7 Å². The molecule has 0 spiro atoms. The minimum Gasteiger partial charge on any atom is -0.496 e. The van der Waals surface area contributed by atoms with Crippen LogP contribution in [0.4, 0.5) is 11.4 Å². The predicted octanol–water partition coefficient (Wildman–Crippen LogP) is 5.68. The summed E-state index contributed by atoms with van der Waals surface area (Å²) in [6.07, 6.45) is 0. The molecule has 2 aliphatic heterocycles. The third-order valence-corrected chi connectivity index (χ3v) is 11.1. The number of thiazole rings is 1. The molecule has 2 aliphatic rings. The number of thioether (sulfide) groups is 1. The average molecular weight is 680 g/mol. The highest BCUT2D eigenvalue weighted by atomic mass is 32.2. The summed E-state index contributed by atoms with van der Waals surface area (Å²) < 4.78 is 12.1. The van der Waals surface area contributed by atoms with Crippen LogP contribution in [-0.2, 0) is 25.7 Å². The van der Waals surface area contributed by atoms with Crippen molar-refractivity contribution in [3.8, 4) is 5.75 Å². The molecule has 3 amide bonds. The summed E-state index contributed by atoms with van der Waals surface area (Å²) in [7, 11) is 1.53. The molecule has 1 fully saturated rings. The molecule has 7 rings (SSSR count). The molecule has 1 aromatic heterocycles.